The number of nitrogens with two attached hydrogens (primary N) is 1. The molecule has 2 N–H and O–H groups in total. The topological polar surface area (TPSA) is 87.2 Å². The number of nitrogens with zero attached hydrogens (tertiary/aromatic N) is 2. The smallest absolute Gasteiger partial charge is 0.230 e. The van der Waals surface area contributed by atoms with Gasteiger partial charge in [-0.05, 0) is 25.5 Å². The third kappa shape index (κ3) is 4.31. The zero-order valence-corrected chi connectivity index (χ0v) is 11.8. The number of benzene rings is 1. The van der Waals surface area contributed by atoms with Gasteiger partial charge in [0.25, 0.3) is 0 Å². The normalized spacial score (nSPS) is 13.2. The molecule has 1 aromatic rings. The van der Waals surface area contributed by atoms with Gasteiger partial charge in [-0.1, -0.05) is 30.3 Å². The van der Waals surface area contributed by atoms with Gasteiger partial charge in [0.05, 0.1) is 6.07 Å². The summed E-state index contributed by atoms with van der Waals surface area (Å²) in [6.45, 7) is 2.42. The average Bonchev–Trinajstić information content (AvgIpc) is 2.43. The summed E-state index contributed by atoms with van der Waals surface area (Å²) in [5, 5.41) is 7.78. The number of hydrogen-bond donors (Lipinski definition) is 1. The van der Waals surface area contributed by atoms with E-state index in [2.05, 4.69) is 0 Å². The monoisotopic (exact) mass is 281 g/mol. The molecule has 1 unspecified atom stereocenters. The fourth-order valence-electron chi connectivity index (χ4n) is 1.64. The van der Waals surface area contributed by atoms with Gasteiger partial charge in [-0.3, -0.25) is 0 Å². The first kappa shape index (κ1) is 15.6. The lowest BCUT2D eigenvalue weighted by molar-refractivity contribution is 0.399. The fraction of sp³-hybridized carbons (Fsp3) is 0.462. The highest BCUT2D eigenvalue weighted by Crippen LogP contribution is 2.14. The van der Waals surface area contributed by atoms with E-state index in [1.165, 1.54) is 11.2 Å². The van der Waals surface area contributed by atoms with Crippen LogP contribution in [0.2, 0.25) is 0 Å². The van der Waals surface area contributed by atoms with Crippen molar-refractivity contribution in [1.82, 2.24) is 4.31 Å². The highest BCUT2D eigenvalue weighted by atomic mass is 32.2. The molecule has 0 heterocycles. The number of sulfonamides is 1. The molecule has 0 saturated carbocycles. The van der Waals surface area contributed by atoms with E-state index in [1.54, 1.807) is 6.07 Å². The minimum atomic E-state index is -3.60. The highest BCUT2D eigenvalue weighted by Gasteiger charge is 2.28. The molecule has 0 aliphatic rings. The second-order valence-corrected chi connectivity index (χ2v) is 6.53. The molecular formula is C13H19N3O2S. The highest BCUT2D eigenvalue weighted by molar-refractivity contribution is 7.89. The van der Waals surface area contributed by atoms with Crippen molar-refractivity contribution in [1.29, 1.82) is 5.26 Å². The van der Waals surface area contributed by atoms with Gasteiger partial charge in [0.2, 0.25) is 10.0 Å². The standard InChI is InChI=1S/C13H19N3O2S/c1-12(10-15)19(17,18)16(9-5-8-14)11-13-6-3-2-4-7-13/h2-4,6-7,12H,5,8-9,11,14H2,1H3. The minimum Gasteiger partial charge on any atom is -0.330 e. The first-order valence-electron chi connectivity index (χ1n) is 6.15. The van der Waals surface area contributed by atoms with Gasteiger partial charge in [0.15, 0.2) is 5.25 Å². The largest absolute Gasteiger partial charge is 0.330 e. The molecule has 5 nitrogen and oxygen atoms in total. The van der Waals surface area contributed by atoms with Crippen molar-refractivity contribution < 1.29 is 8.42 Å². The SMILES string of the molecule is CC(C#N)S(=O)(=O)N(CCCN)Cc1ccccc1. The van der Waals surface area contributed by atoms with Crippen LogP contribution in [0.1, 0.15) is 18.9 Å². The lowest BCUT2D eigenvalue weighted by Crippen LogP contribution is -2.37. The molecule has 0 saturated heterocycles. The van der Waals surface area contributed by atoms with E-state index < -0.39 is 15.3 Å². The first-order chi connectivity index (χ1) is 9.02. The summed E-state index contributed by atoms with van der Waals surface area (Å²) < 4.78 is 25.8. The molecule has 0 aliphatic carbocycles. The van der Waals surface area contributed by atoms with Crippen molar-refractivity contribution in [2.24, 2.45) is 5.73 Å². The Hall–Kier alpha value is -1.42. The summed E-state index contributed by atoms with van der Waals surface area (Å²) in [4.78, 5) is 0. The van der Waals surface area contributed by atoms with Crippen molar-refractivity contribution in [3.63, 3.8) is 0 Å². The van der Waals surface area contributed by atoms with E-state index in [-0.39, 0.29) is 6.54 Å². The van der Waals surface area contributed by atoms with Crippen LogP contribution in [0.25, 0.3) is 0 Å². The van der Waals surface area contributed by atoms with Crippen molar-refractivity contribution in [2.45, 2.75) is 25.1 Å². The molecular weight excluding hydrogens is 262 g/mol. The van der Waals surface area contributed by atoms with Crippen molar-refractivity contribution in [2.75, 3.05) is 13.1 Å². The van der Waals surface area contributed by atoms with Gasteiger partial charge in [0.1, 0.15) is 0 Å². The summed E-state index contributed by atoms with van der Waals surface area (Å²) in [6, 6.07) is 11.1. The van der Waals surface area contributed by atoms with Crippen molar-refractivity contribution in [3.05, 3.63) is 35.9 Å². The van der Waals surface area contributed by atoms with Crippen LogP contribution in [0.3, 0.4) is 0 Å². The molecule has 1 aromatic carbocycles. The van der Waals surface area contributed by atoms with Crippen LogP contribution in [0.15, 0.2) is 30.3 Å². The van der Waals surface area contributed by atoms with Crippen molar-refractivity contribution >= 4 is 10.0 Å². The van der Waals surface area contributed by atoms with E-state index in [0.29, 0.717) is 19.5 Å². The Morgan fingerprint density at radius 2 is 2.00 bits per heavy atom. The summed E-state index contributed by atoms with van der Waals surface area (Å²) in [6.07, 6.45) is 0.574. The maximum atomic E-state index is 12.2. The van der Waals surface area contributed by atoms with E-state index in [0.717, 1.165) is 5.56 Å². The number of rotatable bonds is 7. The van der Waals surface area contributed by atoms with Gasteiger partial charge in [0, 0.05) is 13.1 Å². The molecule has 19 heavy (non-hydrogen) atoms. The summed E-state index contributed by atoms with van der Waals surface area (Å²) in [7, 11) is -3.60. The predicted octanol–water partition coefficient (Wildman–Crippen LogP) is 1.08. The fourth-order valence-corrected chi connectivity index (χ4v) is 2.93. The minimum absolute atomic E-state index is 0.273. The third-order valence-electron chi connectivity index (χ3n) is 2.80. The number of nitriles is 1. The van der Waals surface area contributed by atoms with Crippen molar-refractivity contribution in [3.8, 4) is 6.07 Å². The van der Waals surface area contributed by atoms with Gasteiger partial charge in [-0.15, -0.1) is 0 Å². The second kappa shape index (κ2) is 7.24. The molecule has 0 fully saturated rings. The Morgan fingerprint density at radius 3 is 2.53 bits per heavy atom. The molecule has 0 spiro atoms. The molecule has 0 amide bonds. The molecule has 1 atom stereocenters. The Bertz CT molecular complexity index is 523. The van der Waals surface area contributed by atoms with Gasteiger partial charge < -0.3 is 5.73 Å². The molecule has 0 aromatic heterocycles. The lowest BCUT2D eigenvalue weighted by atomic mass is 10.2. The van der Waals surface area contributed by atoms with Gasteiger partial charge >= 0.3 is 0 Å². The zero-order valence-electron chi connectivity index (χ0n) is 11.0. The first-order valence-corrected chi connectivity index (χ1v) is 7.65. The Kier molecular flexibility index (Phi) is 5.96. The van der Waals surface area contributed by atoms with Crippen LogP contribution in [-0.2, 0) is 16.6 Å². The van der Waals surface area contributed by atoms with E-state index in [9.17, 15) is 8.42 Å². The quantitative estimate of drug-likeness (QED) is 0.810. The van der Waals surface area contributed by atoms with E-state index in [4.69, 9.17) is 11.0 Å². The van der Waals surface area contributed by atoms with Crippen LogP contribution in [-0.4, -0.2) is 31.1 Å². The molecule has 0 bridgehead atoms. The average molecular weight is 281 g/mol. The number of hydrogen-bond acceptors (Lipinski definition) is 4. The maximum Gasteiger partial charge on any atom is 0.230 e. The van der Waals surface area contributed by atoms with Crippen LogP contribution < -0.4 is 5.73 Å². The van der Waals surface area contributed by atoms with Crippen LogP contribution >= 0.6 is 0 Å². The van der Waals surface area contributed by atoms with E-state index in [1.807, 2.05) is 30.3 Å². The summed E-state index contributed by atoms with van der Waals surface area (Å²) in [5.41, 5.74) is 6.33. The Balaban J connectivity index is 2.93. The Labute approximate surface area is 114 Å². The molecule has 1 rings (SSSR count). The van der Waals surface area contributed by atoms with E-state index >= 15 is 0 Å². The zero-order chi connectivity index (χ0) is 14.3. The lowest BCUT2D eigenvalue weighted by Gasteiger charge is -2.23. The molecule has 0 aliphatic heterocycles. The third-order valence-corrected chi connectivity index (χ3v) is 4.83. The second-order valence-electron chi connectivity index (χ2n) is 4.28. The van der Waals surface area contributed by atoms with Gasteiger partial charge in [-0.25, -0.2) is 8.42 Å². The molecule has 6 heteroatoms. The molecule has 0 radical (unpaired) electrons. The van der Waals surface area contributed by atoms with Crippen LogP contribution in [0.5, 0.6) is 0 Å². The van der Waals surface area contributed by atoms with Crippen LogP contribution in [0, 0.1) is 11.3 Å². The predicted molar refractivity (Wildman–Crippen MR) is 74.5 cm³/mol. The maximum absolute atomic E-state index is 12.2. The molecule has 104 valence electrons. The summed E-state index contributed by atoms with van der Waals surface area (Å²) in [5.74, 6) is 0. The Morgan fingerprint density at radius 1 is 1.37 bits per heavy atom. The van der Waals surface area contributed by atoms with Gasteiger partial charge in [-0.2, -0.15) is 9.57 Å². The summed E-state index contributed by atoms with van der Waals surface area (Å²) >= 11 is 0. The van der Waals surface area contributed by atoms with Crippen LogP contribution in [0.4, 0.5) is 0 Å².